The number of rotatable bonds is 5. The molecule has 2 aliphatic heterocycles. The van der Waals surface area contributed by atoms with E-state index in [-0.39, 0.29) is 41.1 Å². The Morgan fingerprint density at radius 2 is 1.62 bits per heavy atom. The van der Waals surface area contributed by atoms with Crippen molar-refractivity contribution in [2.24, 2.45) is 0 Å². The zero-order chi connectivity index (χ0) is 18.1. The molecule has 7 nitrogen and oxygen atoms in total. The van der Waals surface area contributed by atoms with Crippen LogP contribution in [0.15, 0.2) is 47.6 Å². The van der Waals surface area contributed by atoms with E-state index in [4.69, 9.17) is 0 Å². The van der Waals surface area contributed by atoms with Gasteiger partial charge in [-0.2, -0.15) is 15.0 Å². The molecule has 8 heteroatoms. The topological polar surface area (TPSA) is 85.2 Å². The summed E-state index contributed by atoms with van der Waals surface area (Å²) < 4.78 is 24.8. The van der Waals surface area contributed by atoms with Crippen molar-refractivity contribution in [3.8, 4) is 0 Å². The maximum Gasteiger partial charge on any atom is 0.224 e. The molecular formula is C18H22N4O3S. The third-order valence-corrected chi connectivity index (χ3v) is 7.18. The molecule has 2 unspecified atom stereocenters. The molecule has 2 fully saturated rings. The number of carbonyl (C=O) groups is 1. The van der Waals surface area contributed by atoms with E-state index in [1.807, 2.05) is 4.90 Å². The van der Waals surface area contributed by atoms with Crippen molar-refractivity contribution < 1.29 is 13.2 Å². The summed E-state index contributed by atoms with van der Waals surface area (Å²) in [6.45, 7) is 0. The van der Waals surface area contributed by atoms with Crippen molar-refractivity contribution in [3.63, 3.8) is 0 Å². The number of amides is 1. The Morgan fingerprint density at radius 3 is 2.23 bits per heavy atom. The third kappa shape index (κ3) is 3.25. The number of benzene rings is 1. The minimum absolute atomic E-state index is 0.0366. The summed E-state index contributed by atoms with van der Waals surface area (Å²) in [6.07, 6.45) is 7.00. The highest BCUT2D eigenvalue weighted by Crippen LogP contribution is 2.40. The molecular weight excluding hydrogens is 352 g/mol. The van der Waals surface area contributed by atoms with Crippen LogP contribution in [0.1, 0.15) is 38.1 Å². The smallest absolute Gasteiger partial charge is 0.224 e. The normalized spacial score (nSPS) is 25.4. The van der Waals surface area contributed by atoms with Crippen LogP contribution < -0.4 is 0 Å². The van der Waals surface area contributed by atoms with E-state index in [0.717, 1.165) is 25.7 Å². The van der Waals surface area contributed by atoms with Gasteiger partial charge in [-0.25, -0.2) is 8.42 Å². The first kappa shape index (κ1) is 17.2. The second-order valence-corrected chi connectivity index (χ2v) is 9.15. The SMILES string of the molecule is O=C(CCS(=O)(=O)c1ccccc1)N1C2CCC1CC(n1nccn1)C2. The predicted molar refractivity (Wildman–Crippen MR) is 95.1 cm³/mol. The quantitative estimate of drug-likeness (QED) is 0.797. The lowest BCUT2D eigenvalue weighted by molar-refractivity contribution is -0.135. The van der Waals surface area contributed by atoms with E-state index in [9.17, 15) is 13.2 Å². The Morgan fingerprint density at radius 1 is 1.00 bits per heavy atom. The number of hydrogen-bond acceptors (Lipinski definition) is 5. The number of piperidine rings is 1. The average Bonchev–Trinajstić information content (AvgIpc) is 3.27. The lowest BCUT2D eigenvalue weighted by Gasteiger charge is -2.38. The summed E-state index contributed by atoms with van der Waals surface area (Å²) in [5.41, 5.74) is 0. The predicted octanol–water partition coefficient (Wildman–Crippen LogP) is 1.84. The van der Waals surface area contributed by atoms with Crippen molar-refractivity contribution in [1.82, 2.24) is 19.9 Å². The van der Waals surface area contributed by atoms with E-state index in [1.165, 1.54) is 0 Å². The second kappa shape index (κ2) is 6.83. The highest BCUT2D eigenvalue weighted by molar-refractivity contribution is 7.91. The molecule has 2 atom stereocenters. The molecule has 2 saturated heterocycles. The molecule has 0 saturated carbocycles. The van der Waals surface area contributed by atoms with Crippen molar-refractivity contribution >= 4 is 15.7 Å². The fraction of sp³-hybridized carbons (Fsp3) is 0.500. The maximum atomic E-state index is 12.8. The van der Waals surface area contributed by atoms with E-state index >= 15 is 0 Å². The third-order valence-electron chi connectivity index (χ3n) is 5.45. The highest BCUT2D eigenvalue weighted by atomic mass is 32.2. The fourth-order valence-corrected chi connectivity index (χ4v) is 5.51. The van der Waals surface area contributed by atoms with E-state index < -0.39 is 9.84 Å². The minimum Gasteiger partial charge on any atom is -0.337 e. The Balaban J connectivity index is 1.40. The standard InChI is InChI=1S/C18H22N4O3S/c23-18(8-11-26(24,25)17-4-2-1-3-5-17)21-14-6-7-15(21)13-16(12-14)22-19-9-10-20-22/h1-5,9-10,14-16H,6-8,11-13H2. The van der Waals surface area contributed by atoms with Gasteiger partial charge in [0.15, 0.2) is 9.84 Å². The molecule has 0 N–H and O–H groups in total. The van der Waals surface area contributed by atoms with Gasteiger partial charge in [0.2, 0.25) is 5.91 Å². The van der Waals surface area contributed by atoms with Crippen molar-refractivity contribution in [2.75, 3.05) is 5.75 Å². The van der Waals surface area contributed by atoms with Gasteiger partial charge in [-0.3, -0.25) is 4.79 Å². The van der Waals surface area contributed by atoms with E-state index in [1.54, 1.807) is 47.5 Å². The van der Waals surface area contributed by atoms with Crippen LogP contribution in [0.2, 0.25) is 0 Å². The second-order valence-electron chi connectivity index (χ2n) is 7.04. The highest BCUT2D eigenvalue weighted by Gasteiger charge is 2.44. The summed E-state index contributed by atoms with van der Waals surface area (Å²) in [5.74, 6) is -0.195. The van der Waals surface area contributed by atoms with Crippen LogP contribution in [0.25, 0.3) is 0 Å². The van der Waals surface area contributed by atoms with Crippen LogP contribution in [-0.2, 0) is 14.6 Å². The number of aromatic nitrogens is 3. The van der Waals surface area contributed by atoms with E-state index in [2.05, 4.69) is 10.2 Å². The van der Waals surface area contributed by atoms with Crippen LogP contribution in [0.5, 0.6) is 0 Å². The molecule has 1 amide bonds. The molecule has 4 rings (SSSR count). The molecule has 1 aromatic carbocycles. The van der Waals surface area contributed by atoms with Crippen molar-refractivity contribution in [3.05, 3.63) is 42.7 Å². The van der Waals surface area contributed by atoms with Gasteiger partial charge in [0.25, 0.3) is 0 Å². The van der Waals surface area contributed by atoms with Gasteiger partial charge in [0.05, 0.1) is 29.1 Å². The number of carbonyl (C=O) groups excluding carboxylic acids is 1. The molecule has 2 bridgehead atoms. The molecule has 2 aromatic rings. The summed E-state index contributed by atoms with van der Waals surface area (Å²) in [4.78, 5) is 16.7. The molecule has 26 heavy (non-hydrogen) atoms. The minimum atomic E-state index is -3.43. The Hall–Kier alpha value is -2.22. The number of nitrogens with zero attached hydrogens (tertiary/aromatic N) is 4. The zero-order valence-electron chi connectivity index (χ0n) is 14.4. The van der Waals surface area contributed by atoms with Gasteiger partial charge in [-0.15, -0.1) is 0 Å². The first-order valence-electron chi connectivity index (χ1n) is 8.99. The first-order valence-corrected chi connectivity index (χ1v) is 10.6. The van der Waals surface area contributed by atoms with Crippen molar-refractivity contribution in [1.29, 1.82) is 0 Å². The molecule has 2 aliphatic rings. The van der Waals surface area contributed by atoms with Crippen LogP contribution in [0.4, 0.5) is 0 Å². The average molecular weight is 374 g/mol. The molecule has 0 spiro atoms. The van der Waals surface area contributed by atoms with E-state index in [0.29, 0.717) is 0 Å². The first-order chi connectivity index (χ1) is 12.5. The summed E-state index contributed by atoms with van der Waals surface area (Å²) in [5, 5.41) is 8.46. The molecule has 0 aliphatic carbocycles. The zero-order valence-corrected chi connectivity index (χ0v) is 15.3. The lowest BCUT2D eigenvalue weighted by atomic mass is 9.97. The summed E-state index contributed by atoms with van der Waals surface area (Å²) in [7, 11) is -3.43. The molecule has 1 aromatic heterocycles. The van der Waals surface area contributed by atoms with Gasteiger partial charge in [-0.1, -0.05) is 18.2 Å². The number of sulfone groups is 1. The van der Waals surface area contributed by atoms with Crippen LogP contribution in [0, 0.1) is 0 Å². The summed E-state index contributed by atoms with van der Waals surface area (Å²) in [6, 6.07) is 8.87. The monoisotopic (exact) mass is 374 g/mol. The Bertz CT molecular complexity index is 853. The van der Waals surface area contributed by atoms with Gasteiger partial charge >= 0.3 is 0 Å². The van der Waals surface area contributed by atoms with Gasteiger partial charge < -0.3 is 4.90 Å². The Labute approximate surface area is 152 Å². The van der Waals surface area contributed by atoms with Gasteiger partial charge in [0, 0.05) is 18.5 Å². The molecule has 3 heterocycles. The van der Waals surface area contributed by atoms with Gasteiger partial charge in [0.1, 0.15) is 0 Å². The number of hydrogen-bond donors (Lipinski definition) is 0. The Kier molecular flexibility index (Phi) is 4.52. The molecule has 0 radical (unpaired) electrons. The van der Waals surface area contributed by atoms with Crippen LogP contribution >= 0.6 is 0 Å². The lowest BCUT2D eigenvalue weighted by Crippen LogP contribution is -2.47. The number of fused-ring (bicyclic) bond motifs is 2. The van der Waals surface area contributed by atoms with Gasteiger partial charge in [-0.05, 0) is 37.8 Å². The summed E-state index contributed by atoms with van der Waals surface area (Å²) >= 11 is 0. The van der Waals surface area contributed by atoms with Crippen LogP contribution in [0.3, 0.4) is 0 Å². The maximum absolute atomic E-state index is 12.8. The molecule has 138 valence electrons. The van der Waals surface area contributed by atoms with Crippen LogP contribution in [-0.4, -0.2) is 52.1 Å². The largest absolute Gasteiger partial charge is 0.337 e. The van der Waals surface area contributed by atoms with Crippen molar-refractivity contribution in [2.45, 2.75) is 55.1 Å². The fourth-order valence-electron chi connectivity index (χ4n) is 4.26.